The maximum Gasteiger partial charge on any atom is 0.270 e. The highest BCUT2D eigenvalue weighted by Crippen LogP contribution is 2.39. The standard InChI is InChI=1S/C18H15N3O5/c22-15-6-5-9(21(25)26)7-12(15)17-16-11(8-14(20-17)18(23)24)10-3-1-2-4-13(10)19-16/h1-7,14,17,19-20,22H,8H2,(H,23,24)/p-1. The number of fused-ring (bicyclic) bond motifs is 3. The van der Waals surface area contributed by atoms with E-state index in [0.717, 1.165) is 16.5 Å². The summed E-state index contributed by atoms with van der Waals surface area (Å²) in [6.45, 7) is 0. The van der Waals surface area contributed by atoms with Crippen LogP contribution in [0.15, 0.2) is 42.5 Å². The van der Waals surface area contributed by atoms with Gasteiger partial charge in [-0.3, -0.25) is 15.4 Å². The molecule has 3 N–H and O–H groups in total. The van der Waals surface area contributed by atoms with Gasteiger partial charge in [-0.25, -0.2) is 0 Å². The summed E-state index contributed by atoms with van der Waals surface area (Å²) in [5, 5.41) is 36.7. The number of rotatable bonds is 3. The molecule has 2 heterocycles. The van der Waals surface area contributed by atoms with E-state index in [-0.39, 0.29) is 23.4 Å². The van der Waals surface area contributed by atoms with E-state index in [2.05, 4.69) is 10.3 Å². The van der Waals surface area contributed by atoms with Crippen LogP contribution in [-0.2, 0) is 11.2 Å². The average molecular weight is 352 g/mol. The van der Waals surface area contributed by atoms with E-state index in [1.807, 2.05) is 24.3 Å². The lowest BCUT2D eigenvalue weighted by atomic mass is 9.90. The van der Waals surface area contributed by atoms with Crippen LogP contribution in [0.25, 0.3) is 10.9 Å². The van der Waals surface area contributed by atoms with Gasteiger partial charge in [0, 0.05) is 34.3 Å². The lowest BCUT2D eigenvalue weighted by Gasteiger charge is -2.32. The molecule has 4 rings (SSSR count). The van der Waals surface area contributed by atoms with Crippen molar-refractivity contribution in [2.45, 2.75) is 18.5 Å². The van der Waals surface area contributed by atoms with E-state index < -0.39 is 23.0 Å². The molecule has 2 atom stereocenters. The number of aromatic nitrogens is 1. The number of carbonyl (C=O) groups is 1. The number of para-hydroxylation sites is 1. The quantitative estimate of drug-likeness (QED) is 0.478. The highest BCUT2D eigenvalue weighted by Gasteiger charge is 2.33. The monoisotopic (exact) mass is 352 g/mol. The molecule has 1 aromatic heterocycles. The SMILES string of the molecule is O=C([O-])C1Cc2c([nH]c3ccccc23)C(c2cc([N+](=O)[O-])ccc2O)N1. The van der Waals surface area contributed by atoms with E-state index >= 15 is 0 Å². The van der Waals surface area contributed by atoms with Gasteiger partial charge in [0.2, 0.25) is 0 Å². The molecule has 0 saturated heterocycles. The van der Waals surface area contributed by atoms with Gasteiger partial charge in [-0.2, -0.15) is 0 Å². The fraction of sp³-hybridized carbons (Fsp3) is 0.167. The number of aromatic amines is 1. The van der Waals surface area contributed by atoms with Crippen LogP contribution in [0.5, 0.6) is 5.75 Å². The van der Waals surface area contributed by atoms with E-state index in [1.165, 1.54) is 18.2 Å². The maximum absolute atomic E-state index is 11.5. The Kier molecular flexibility index (Phi) is 3.62. The first-order valence-corrected chi connectivity index (χ1v) is 7.99. The zero-order chi connectivity index (χ0) is 18.4. The Hall–Kier alpha value is -3.39. The van der Waals surface area contributed by atoms with Crippen molar-refractivity contribution in [3.8, 4) is 5.75 Å². The predicted molar refractivity (Wildman–Crippen MR) is 90.5 cm³/mol. The molecule has 8 nitrogen and oxygen atoms in total. The Balaban J connectivity index is 1.93. The molecule has 0 fully saturated rings. The number of aliphatic carboxylic acids is 1. The third-order valence-electron chi connectivity index (χ3n) is 4.73. The minimum absolute atomic E-state index is 0.156. The first-order valence-electron chi connectivity index (χ1n) is 7.99. The fourth-order valence-electron chi connectivity index (χ4n) is 3.52. The number of nitro groups is 1. The molecule has 0 saturated carbocycles. The van der Waals surface area contributed by atoms with Crippen molar-refractivity contribution in [3.05, 3.63) is 69.4 Å². The number of phenols is 1. The molecule has 0 spiro atoms. The molecule has 0 bridgehead atoms. The van der Waals surface area contributed by atoms with Crippen LogP contribution in [0.2, 0.25) is 0 Å². The second-order valence-corrected chi connectivity index (χ2v) is 6.24. The number of nitrogens with zero attached hydrogens (tertiary/aromatic N) is 1. The van der Waals surface area contributed by atoms with Crippen molar-refractivity contribution >= 4 is 22.6 Å². The Morgan fingerprint density at radius 2 is 2.00 bits per heavy atom. The number of phenolic OH excluding ortho intramolecular Hbond substituents is 1. The van der Waals surface area contributed by atoms with Gasteiger partial charge in [0.05, 0.1) is 23.0 Å². The van der Waals surface area contributed by atoms with Crippen molar-refractivity contribution in [2.24, 2.45) is 0 Å². The lowest BCUT2D eigenvalue weighted by Crippen LogP contribution is -2.50. The number of non-ortho nitro benzene ring substituents is 1. The Morgan fingerprint density at radius 3 is 2.73 bits per heavy atom. The molecule has 3 aromatic rings. The summed E-state index contributed by atoms with van der Waals surface area (Å²) >= 11 is 0. The summed E-state index contributed by atoms with van der Waals surface area (Å²) in [6, 6.07) is 9.42. The van der Waals surface area contributed by atoms with Crippen LogP contribution in [0.3, 0.4) is 0 Å². The zero-order valence-corrected chi connectivity index (χ0v) is 13.4. The van der Waals surface area contributed by atoms with Gasteiger partial charge >= 0.3 is 0 Å². The number of nitro benzene ring substituents is 1. The number of hydrogen-bond acceptors (Lipinski definition) is 6. The summed E-state index contributed by atoms with van der Waals surface area (Å²) in [4.78, 5) is 25.3. The van der Waals surface area contributed by atoms with Crippen LogP contribution >= 0.6 is 0 Å². The molecule has 8 heteroatoms. The van der Waals surface area contributed by atoms with E-state index in [0.29, 0.717) is 5.69 Å². The van der Waals surface area contributed by atoms with E-state index in [9.17, 15) is 25.1 Å². The van der Waals surface area contributed by atoms with Gasteiger partial charge in [-0.05, 0) is 24.1 Å². The fourth-order valence-corrected chi connectivity index (χ4v) is 3.52. The highest BCUT2D eigenvalue weighted by molar-refractivity contribution is 5.87. The Bertz CT molecular complexity index is 1040. The topological polar surface area (TPSA) is 131 Å². The van der Waals surface area contributed by atoms with Gasteiger partial charge in [-0.15, -0.1) is 0 Å². The molecule has 0 aliphatic carbocycles. The molecule has 1 aliphatic heterocycles. The molecule has 26 heavy (non-hydrogen) atoms. The summed E-state index contributed by atoms with van der Waals surface area (Å²) in [5.41, 5.74) is 2.35. The second-order valence-electron chi connectivity index (χ2n) is 6.24. The van der Waals surface area contributed by atoms with Crippen molar-refractivity contribution in [1.82, 2.24) is 10.3 Å². The molecule has 1 aliphatic rings. The van der Waals surface area contributed by atoms with Gasteiger partial charge in [0.25, 0.3) is 5.69 Å². The third-order valence-corrected chi connectivity index (χ3v) is 4.73. The average Bonchev–Trinajstić information content (AvgIpc) is 3.00. The van der Waals surface area contributed by atoms with Crippen molar-refractivity contribution in [2.75, 3.05) is 0 Å². The van der Waals surface area contributed by atoms with Crippen molar-refractivity contribution in [1.29, 1.82) is 0 Å². The van der Waals surface area contributed by atoms with Crippen LogP contribution in [-0.4, -0.2) is 27.0 Å². The molecular formula is C18H14N3O5-. The summed E-state index contributed by atoms with van der Waals surface area (Å²) in [6.07, 6.45) is 0.216. The van der Waals surface area contributed by atoms with E-state index in [1.54, 1.807) is 0 Å². The van der Waals surface area contributed by atoms with Crippen molar-refractivity contribution in [3.63, 3.8) is 0 Å². The number of H-pyrrole nitrogens is 1. The largest absolute Gasteiger partial charge is 0.548 e. The highest BCUT2D eigenvalue weighted by atomic mass is 16.6. The first-order chi connectivity index (χ1) is 12.5. The van der Waals surface area contributed by atoms with Gasteiger partial charge in [0.1, 0.15) is 5.75 Å². The predicted octanol–water partition coefficient (Wildman–Crippen LogP) is 1.14. The molecule has 0 radical (unpaired) electrons. The number of carboxylic acids is 1. The van der Waals surface area contributed by atoms with Crippen LogP contribution in [0, 0.1) is 10.1 Å². The minimum Gasteiger partial charge on any atom is -0.548 e. The molecule has 0 amide bonds. The third kappa shape index (κ3) is 2.47. The van der Waals surface area contributed by atoms with Gasteiger partial charge in [0.15, 0.2) is 0 Å². The van der Waals surface area contributed by atoms with Crippen LogP contribution in [0.1, 0.15) is 22.9 Å². The second kappa shape index (κ2) is 5.85. The lowest BCUT2D eigenvalue weighted by molar-refractivity contribution is -0.385. The van der Waals surface area contributed by atoms with Crippen LogP contribution in [0.4, 0.5) is 5.69 Å². The Morgan fingerprint density at radius 1 is 1.23 bits per heavy atom. The number of carbonyl (C=O) groups excluding carboxylic acids is 1. The summed E-state index contributed by atoms with van der Waals surface area (Å²) in [7, 11) is 0. The number of hydrogen-bond donors (Lipinski definition) is 3. The molecular weight excluding hydrogens is 338 g/mol. The summed E-state index contributed by atoms with van der Waals surface area (Å²) in [5.74, 6) is -1.42. The maximum atomic E-state index is 11.5. The van der Waals surface area contributed by atoms with Crippen LogP contribution < -0.4 is 10.4 Å². The molecule has 2 aromatic carbocycles. The van der Waals surface area contributed by atoms with Crippen molar-refractivity contribution < 1.29 is 19.9 Å². The van der Waals surface area contributed by atoms with Gasteiger partial charge < -0.3 is 20.0 Å². The summed E-state index contributed by atoms with van der Waals surface area (Å²) < 4.78 is 0. The zero-order valence-electron chi connectivity index (χ0n) is 13.4. The smallest absolute Gasteiger partial charge is 0.270 e. The molecule has 2 unspecified atom stereocenters. The normalized spacial score (nSPS) is 19.2. The number of carboxylic acid groups (broad SMARTS) is 1. The van der Waals surface area contributed by atoms with E-state index in [4.69, 9.17) is 0 Å². The minimum atomic E-state index is -1.27. The molecule has 132 valence electrons. The van der Waals surface area contributed by atoms with Gasteiger partial charge in [-0.1, -0.05) is 18.2 Å². The number of aromatic hydroxyl groups is 1. The Labute approximate surface area is 147 Å². The number of benzene rings is 2. The first kappa shape index (κ1) is 16.1. The number of nitrogens with one attached hydrogen (secondary N) is 2.